The van der Waals surface area contributed by atoms with Gasteiger partial charge in [0.1, 0.15) is 60.4 Å². The molecule has 0 aromatic heterocycles. The summed E-state index contributed by atoms with van der Waals surface area (Å²) in [6.07, 6.45) is 2.94. The van der Waals surface area contributed by atoms with Crippen molar-refractivity contribution < 1.29 is 67.7 Å². The molecule has 1 aliphatic rings. The van der Waals surface area contributed by atoms with Gasteiger partial charge in [0.2, 0.25) is 70.9 Å². The Bertz CT molecular complexity index is 2430. The van der Waals surface area contributed by atoms with Crippen molar-refractivity contribution in [2.75, 3.05) is 32.3 Å². The number of carbonyl (C=O) groups excluding carboxylic acids is 12. The number of amides is 12. The fraction of sp³-hybridized carbons (Fsp3) is 0.684. The largest absolute Gasteiger partial charge is 0.394 e. The highest BCUT2D eigenvalue weighted by atomic mass is 32.2. The number of benzene rings is 1. The Morgan fingerprint density at radius 1 is 0.576 bits per heavy atom. The monoisotopic (exact) mass is 1220 g/mol. The predicted molar refractivity (Wildman–Crippen MR) is 319 cm³/mol. The van der Waals surface area contributed by atoms with Crippen LogP contribution < -0.4 is 69.5 Å². The minimum atomic E-state index is -1.77. The fourth-order valence-corrected chi connectivity index (χ4v) is 9.44. The van der Waals surface area contributed by atoms with Gasteiger partial charge >= 0.3 is 0 Å². The van der Waals surface area contributed by atoms with Crippen molar-refractivity contribution >= 4 is 82.6 Å². The molecule has 27 nitrogen and oxygen atoms in total. The molecule has 1 aromatic carbocycles. The van der Waals surface area contributed by atoms with Crippen LogP contribution in [0.1, 0.15) is 120 Å². The minimum Gasteiger partial charge on any atom is -0.394 e. The molecule has 0 unspecified atom stereocenters. The second-order valence-electron chi connectivity index (χ2n) is 21.9. The van der Waals surface area contributed by atoms with E-state index in [0.29, 0.717) is 25.0 Å². The third-order valence-electron chi connectivity index (χ3n) is 15.5. The normalized spacial score (nSPS) is 21.5. The van der Waals surface area contributed by atoms with Crippen molar-refractivity contribution in [1.29, 1.82) is 0 Å². The van der Waals surface area contributed by atoms with E-state index in [2.05, 4.69) is 63.8 Å². The average molecular weight is 1220 g/mol. The molecular formula is C57H95N13O14S. The summed E-state index contributed by atoms with van der Waals surface area (Å²) >= 11 is 1.44. The maximum Gasteiger partial charge on any atom is 0.245 e. The quantitative estimate of drug-likeness (QED) is 0.0343. The van der Waals surface area contributed by atoms with Crippen molar-refractivity contribution in [3.8, 4) is 0 Å². The number of nitrogens with two attached hydrogens (primary N) is 1. The summed E-state index contributed by atoms with van der Waals surface area (Å²) in [6.45, 7) is 14.5. The number of rotatable bonds is 33. The fourth-order valence-electron chi connectivity index (χ4n) is 8.97. The number of aliphatic hydroxyl groups excluding tert-OH is 2. The first-order valence-electron chi connectivity index (χ1n) is 29.2. The molecule has 0 bridgehead atoms. The molecule has 2 rings (SSSR count). The van der Waals surface area contributed by atoms with Crippen LogP contribution >= 0.6 is 11.8 Å². The van der Waals surface area contributed by atoms with E-state index in [1.54, 1.807) is 55.5 Å². The minimum absolute atomic E-state index is 0.215. The summed E-state index contributed by atoms with van der Waals surface area (Å²) in [5.41, 5.74) is 6.31. The van der Waals surface area contributed by atoms with Gasteiger partial charge in [-0.2, -0.15) is 11.8 Å². The Morgan fingerprint density at radius 2 is 1.05 bits per heavy atom. The van der Waals surface area contributed by atoms with Gasteiger partial charge in [0.05, 0.1) is 25.3 Å². The Hall–Kier alpha value is -6.91. The standard InChI is InChI=1S/C57H95N13O14S/c1-13-29(5)42-53(80)60-33(9)46(57(84)61-34(10)47(74)62-37(24-25-85-12)49(76)66-42)70-52(79)40(28-72)65-55(82)44(31(7)15-3)69-56(83)45(32(8)16-4)67-48(75)36(22-23-41(58)73)63-51(78)39(27-71)64-54(81)43(30(6)14-2)68-50(77)38(59-11)26-35-20-18-17-19-21-35/h17-21,29-34,36-40,42-46,59,71-72H,13-16,22-28H2,1-12H3,(H2,58,73)(H,60,80)(H,61,84)(H,62,74)(H,63,78)(H,64,81)(H,65,82)(H,66,76)(H,67,75)(H,68,77)(H,69,83)(H,70,79)/t29-,30-,31-,32+,33-,34-,36+,37-,38+,39-,40-,42-,43-,44-,45+,46+/m0/s1. The van der Waals surface area contributed by atoms with Gasteiger partial charge in [0.25, 0.3) is 0 Å². The van der Waals surface area contributed by atoms with Crippen molar-refractivity contribution in [3.05, 3.63) is 35.9 Å². The number of carbonyl (C=O) groups is 12. The van der Waals surface area contributed by atoms with Crippen LogP contribution in [0.5, 0.6) is 0 Å². The third-order valence-corrected chi connectivity index (χ3v) is 16.2. The van der Waals surface area contributed by atoms with Crippen LogP contribution in [0.25, 0.3) is 0 Å². The molecule has 0 saturated carbocycles. The summed E-state index contributed by atoms with van der Waals surface area (Å²) < 4.78 is 0. The maximum atomic E-state index is 14.4. The molecule has 28 heteroatoms. The molecule has 1 saturated heterocycles. The third kappa shape index (κ3) is 23.5. The van der Waals surface area contributed by atoms with Crippen molar-refractivity contribution in [2.45, 2.75) is 193 Å². The zero-order chi connectivity index (χ0) is 64.2. The lowest BCUT2D eigenvalue weighted by molar-refractivity contribution is -0.138. The zero-order valence-electron chi connectivity index (χ0n) is 51.2. The van der Waals surface area contributed by atoms with Gasteiger partial charge < -0.3 is 79.7 Å². The number of hydrogen-bond acceptors (Lipinski definition) is 16. The molecule has 1 aromatic rings. The summed E-state index contributed by atoms with van der Waals surface area (Å²) in [5.74, 6) is -11.8. The lowest BCUT2D eigenvalue weighted by Crippen LogP contribution is -2.64. The molecule has 0 aliphatic carbocycles. The van der Waals surface area contributed by atoms with E-state index in [1.165, 1.54) is 25.6 Å². The van der Waals surface area contributed by atoms with Crippen molar-refractivity contribution in [3.63, 3.8) is 0 Å². The zero-order valence-corrected chi connectivity index (χ0v) is 52.0. The Labute approximate surface area is 503 Å². The maximum absolute atomic E-state index is 14.4. The van der Waals surface area contributed by atoms with Gasteiger partial charge in [-0.3, -0.25) is 57.5 Å². The summed E-state index contributed by atoms with van der Waals surface area (Å²) in [4.78, 5) is 165. The van der Waals surface area contributed by atoms with Gasteiger partial charge in [-0.1, -0.05) is 111 Å². The van der Waals surface area contributed by atoms with Gasteiger partial charge in [-0.25, -0.2) is 0 Å². The molecule has 1 aliphatic heterocycles. The highest BCUT2D eigenvalue weighted by Gasteiger charge is 2.40. The van der Waals surface area contributed by atoms with E-state index in [-0.39, 0.29) is 19.3 Å². The Kier molecular flexibility index (Phi) is 32.7. The summed E-state index contributed by atoms with van der Waals surface area (Å²) in [6, 6.07) is -6.85. The molecule has 0 radical (unpaired) electrons. The van der Waals surface area contributed by atoms with E-state index >= 15 is 0 Å². The van der Waals surface area contributed by atoms with Crippen LogP contribution in [0.2, 0.25) is 0 Å². The molecule has 16 atom stereocenters. The first kappa shape index (κ1) is 74.2. The van der Waals surface area contributed by atoms with E-state index in [1.807, 2.05) is 43.5 Å². The molecule has 16 N–H and O–H groups in total. The van der Waals surface area contributed by atoms with Crippen LogP contribution in [0.4, 0.5) is 0 Å². The van der Waals surface area contributed by atoms with Crippen molar-refractivity contribution in [2.24, 2.45) is 29.4 Å². The van der Waals surface area contributed by atoms with E-state index in [9.17, 15) is 67.7 Å². The van der Waals surface area contributed by atoms with Crippen LogP contribution in [-0.2, 0) is 64.0 Å². The summed E-state index contributed by atoms with van der Waals surface area (Å²) in [7, 11) is 1.60. The van der Waals surface area contributed by atoms with Crippen molar-refractivity contribution in [1.82, 2.24) is 63.8 Å². The van der Waals surface area contributed by atoms with Crippen LogP contribution in [0.15, 0.2) is 30.3 Å². The topological polar surface area (TPSA) is 416 Å². The van der Waals surface area contributed by atoms with E-state index in [0.717, 1.165) is 5.56 Å². The number of hydrogen-bond donors (Lipinski definition) is 15. The highest BCUT2D eigenvalue weighted by Crippen LogP contribution is 2.16. The highest BCUT2D eigenvalue weighted by molar-refractivity contribution is 7.98. The number of thioether (sulfide) groups is 1. The molecule has 85 heavy (non-hydrogen) atoms. The average Bonchev–Trinajstić information content (AvgIpc) is 3.68. The number of nitrogens with one attached hydrogen (secondary N) is 12. The first-order chi connectivity index (χ1) is 40.2. The molecule has 12 amide bonds. The molecule has 0 spiro atoms. The summed E-state index contributed by atoms with van der Waals surface area (Å²) in [5, 5.41) is 52.3. The lowest BCUT2D eigenvalue weighted by atomic mass is 9.94. The number of likely N-dealkylation sites (N-methyl/N-ethyl adjacent to an activating group) is 1. The van der Waals surface area contributed by atoms with Gasteiger partial charge in [-0.15, -0.1) is 0 Å². The molecule has 1 heterocycles. The number of primary amides is 1. The van der Waals surface area contributed by atoms with Crippen LogP contribution in [0.3, 0.4) is 0 Å². The predicted octanol–water partition coefficient (Wildman–Crippen LogP) is -2.61. The van der Waals surface area contributed by atoms with Crippen LogP contribution in [-0.4, -0.2) is 186 Å². The van der Waals surface area contributed by atoms with Gasteiger partial charge in [0.15, 0.2) is 0 Å². The SMILES string of the molecule is CC[C@@H](C)[C@@H](NC(=O)[C@@H](CCC(N)=O)NC(=O)[C@H](CO)NC(=O)[C@@H](NC(=O)[C@@H](Cc1ccccc1)NC)[C@@H](C)CC)C(=O)N[C@H](C(=O)N[C@@H](CO)C(=O)N[C@H]1C(=O)N[C@@H](C)C(=O)N[C@@H](CCSC)C(=O)N[C@@H]([C@@H](C)CC)C(=O)N[C@H]1C)[C@@H](C)CC. The molecule has 478 valence electrons. The second kappa shape index (κ2) is 37.5. The second-order valence-corrected chi connectivity index (χ2v) is 22.9. The van der Waals surface area contributed by atoms with E-state index in [4.69, 9.17) is 5.73 Å². The Morgan fingerprint density at radius 3 is 1.52 bits per heavy atom. The van der Waals surface area contributed by atoms with Crippen LogP contribution in [0, 0.1) is 23.7 Å². The smallest absolute Gasteiger partial charge is 0.245 e. The van der Waals surface area contributed by atoms with Gasteiger partial charge in [0, 0.05) is 6.42 Å². The Balaban J connectivity index is 2.40. The van der Waals surface area contributed by atoms with Gasteiger partial charge in [-0.05, 0) is 81.4 Å². The van der Waals surface area contributed by atoms with E-state index < -0.39 is 193 Å². The molecular weight excluding hydrogens is 1120 g/mol. The number of aliphatic hydroxyl groups is 2. The lowest BCUT2D eigenvalue weighted by Gasteiger charge is -2.32. The molecule has 1 fully saturated rings. The first-order valence-corrected chi connectivity index (χ1v) is 30.6.